The van der Waals surface area contributed by atoms with E-state index in [1.807, 2.05) is 0 Å². The van der Waals surface area contributed by atoms with Crippen LogP contribution < -0.4 is 111 Å². The van der Waals surface area contributed by atoms with Crippen molar-refractivity contribution >= 4 is 14.0 Å². The van der Waals surface area contributed by atoms with Crippen LogP contribution in [0.1, 0.15) is 0 Å². The summed E-state index contributed by atoms with van der Waals surface area (Å²) in [4.78, 5) is 31.4. The number of carboxylic acid groups (broad SMARTS) is 2. The van der Waals surface area contributed by atoms with Crippen LogP contribution in [0.15, 0.2) is 0 Å². The fraction of sp³-hybridized carbons (Fsp3) is 0. The molecule has 0 aliphatic heterocycles. The normalized spacial score (nSPS) is 6.38. The maximum atomic E-state index is 8.77. The standard InChI is InChI=1S/CH2O3.ClH.3Na.H3O4P/c2-1(3)4;;;;;1-5(2,3)4/h(H2,2,3,4);1H;;;;(H3,1,2,3,4)/q;;3*+1;/p-3. The molecule has 0 bridgehead atoms. The van der Waals surface area contributed by atoms with Crippen LogP contribution in [0.3, 0.4) is 0 Å². The van der Waals surface area contributed by atoms with Crippen LogP contribution in [-0.4, -0.2) is 21.0 Å². The summed E-state index contributed by atoms with van der Waals surface area (Å²) in [5.74, 6) is 0. The van der Waals surface area contributed by atoms with Gasteiger partial charge in [-0.15, -0.1) is 0 Å². The van der Waals surface area contributed by atoms with Crippen molar-refractivity contribution < 1.29 is 135 Å². The minimum Gasteiger partial charge on any atom is -1.00 e. The van der Waals surface area contributed by atoms with Gasteiger partial charge in [0.25, 0.3) is 7.82 Å². The zero-order valence-electron chi connectivity index (χ0n) is 7.30. The van der Waals surface area contributed by atoms with Gasteiger partial charge in [-0.1, -0.05) is 0 Å². The first kappa shape index (κ1) is 36.1. The van der Waals surface area contributed by atoms with E-state index in [-0.39, 0.29) is 101 Å². The number of carbonyl (C=O) groups is 1. The SMILES string of the molecule is O=C([O-])O.O=P([O-])(O)O.[Cl-].[Na+].[Na+].[Na+]. The first-order chi connectivity index (χ1) is 3.73. The maximum Gasteiger partial charge on any atom is 1.00 e. The molecule has 0 atom stereocenters. The Morgan fingerprint density at radius 3 is 1.15 bits per heavy atom. The van der Waals surface area contributed by atoms with Crippen molar-refractivity contribution in [2.45, 2.75) is 0 Å². The molecule has 0 heterocycles. The van der Waals surface area contributed by atoms with E-state index >= 15 is 0 Å². The minimum atomic E-state index is -4.89. The van der Waals surface area contributed by atoms with Gasteiger partial charge < -0.3 is 42.1 Å². The molecule has 64 valence electrons. The van der Waals surface area contributed by atoms with E-state index < -0.39 is 14.0 Å². The molecule has 0 aromatic rings. The maximum absolute atomic E-state index is 8.77. The van der Waals surface area contributed by atoms with Gasteiger partial charge in [-0.05, 0) is 0 Å². The molecule has 0 aliphatic carbocycles. The summed E-state index contributed by atoms with van der Waals surface area (Å²) in [6.45, 7) is 0. The zero-order valence-corrected chi connectivity index (χ0v) is 15.0. The average Bonchev–Trinajstić information content (AvgIpc) is 1.19. The monoisotopic (exact) mass is 262 g/mol. The summed E-state index contributed by atoms with van der Waals surface area (Å²) in [7, 11) is -4.89. The van der Waals surface area contributed by atoms with Gasteiger partial charge in [0.15, 0.2) is 0 Å². The Balaban J connectivity index is -0.0000000146. The van der Waals surface area contributed by atoms with E-state index in [4.69, 9.17) is 34.3 Å². The molecule has 7 nitrogen and oxygen atoms in total. The van der Waals surface area contributed by atoms with Crippen molar-refractivity contribution in [2.24, 2.45) is 0 Å². The fourth-order valence-electron chi connectivity index (χ4n) is 0. The molecule has 0 spiro atoms. The van der Waals surface area contributed by atoms with Crippen molar-refractivity contribution in [1.82, 2.24) is 0 Å². The molecule has 0 aliphatic rings. The van der Waals surface area contributed by atoms with E-state index in [0.717, 1.165) is 0 Å². The molecular weight excluding hydrogens is 259 g/mol. The molecule has 0 fully saturated rings. The zero-order chi connectivity index (χ0) is 8.08. The van der Waals surface area contributed by atoms with Gasteiger partial charge in [-0.3, -0.25) is 4.57 Å². The van der Waals surface area contributed by atoms with Gasteiger partial charge in [0, 0.05) is 0 Å². The van der Waals surface area contributed by atoms with Crippen LogP contribution in [0.4, 0.5) is 4.79 Å². The van der Waals surface area contributed by atoms with Crippen molar-refractivity contribution in [3.63, 3.8) is 0 Å². The number of phosphoric acid groups is 1. The Kier molecular flexibility index (Phi) is 55.8. The number of halogens is 1. The topological polar surface area (TPSA) is 141 Å². The van der Waals surface area contributed by atoms with E-state index in [1.54, 1.807) is 0 Å². The van der Waals surface area contributed by atoms with Crippen molar-refractivity contribution in [3.05, 3.63) is 0 Å². The number of hydrogen-bond acceptors (Lipinski definition) is 4. The van der Waals surface area contributed by atoms with Crippen molar-refractivity contribution in [3.8, 4) is 0 Å². The molecule has 0 saturated carbocycles. The van der Waals surface area contributed by atoms with E-state index in [1.165, 1.54) is 0 Å². The quantitative estimate of drug-likeness (QED) is 0.291. The summed E-state index contributed by atoms with van der Waals surface area (Å²) in [5, 5.41) is 15.3. The minimum absolute atomic E-state index is 0. The van der Waals surface area contributed by atoms with Gasteiger partial charge in [-0.2, -0.15) is 0 Å². The average molecular weight is 262 g/mol. The second kappa shape index (κ2) is 20.1. The van der Waals surface area contributed by atoms with E-state index in [9.17, 15) is 0 Å². The Labute approximate surface area is 147 Å². The van der Waals surface area contributed by atoms with Crippen LogP contribution in [0.5, 0.6) is 0 Å². The molecule has 0 amide bonds. The molecule has 0 saturated heterocycles. The van der Waals surface area contributed by atoms with Crippen molar-refractivity contribution in [1.29, 1.82) is 0 Å². The smallest absolute Gasteiger partial charge is 1.00 e. The van der Waals surface area contributed by atoms with Gasteiger partial charge in [-0.25, -0.2) is 0 Å². The van der Waals surface area contributed by atoms with Gasteiger partial charge in [0.2, 0.25) is 6.16 Å². The second-order valence-corrected chi connectivity index (χ2v) is 1.74. The predicted octanol–water partition coefficient (Wildman–Crippen LogP) is -14.7. The van der Waals surface area contributed by atoms with Crippen LogP contribution in [0.2, 0.25) is 0 Å². The van der Waals surface area contributed by atoms with Crippen molar-refractivity contribution in [2.75, 3.05) is 0 Å². The predicted molar refractivity (Wildman–Crippen MR) is 20.1 cm³/mol. The summed E-state index contributed by atoms with van der Waals surface area (Å²) < 4.78 is 8.77. The van der Waals surface area contributed by atoms with Crippen LogP contribution in [0, 0.1) is 0 Å². The molecule has 0 aromatic carbocycles. The summed E-state index contributed by atoms with van der Waals surface area (Å²) >= 11 is 0. The Hall–Kier alpha value is 2.67. The first-order valence-corrected chi connectivity index (χ1v) is 2.93. The number of hydrogen-bond donors (Lipinski definition) is 3. The third-order valence-electron chi connectivity index (χ3n) is 0. The second-order valence-electron chi connectivity index (χ2n) is 0.756. The Bertz CT molecular complexity index is 123. The van der Waals surface area contributed by atoms with Crippen LogP contribution in [0.25, 0.3) is 0 Å². The molecule has 12 heteroatoms. The first-order valence-electron chi connectivity index (χ1n) is 1.40. The number of rotatable bonds is 0. The third kappa shape index (κ3) is 330. The largest absolute Gasteiger partial charge is 1.00 e. The molecule has 0 unspecified atom stereocenters. The van der Waals surface area contributed by atoms with Gasteiger partial charge in [0.05, 0.1) is 0 Å². The molecule has 13 heavy (non-hydrogen) atoms. The van der Waals surface area contributed by atoms with Crippen LogP contribution in [-0.2, 0) is 4.57 Å². The molecule has 3 N–H and O–H groups in total. The Morgan fingerprint density at radius 1 is 1.15 bits per heavy atom. The molecule has 0 rings (SSSR count). The summed E-state index contributed by atoms with van der Waals surface area (Å²) in [6.07, 6.45) is -2.08. The van der Waals surface area contributed by atoms with Gasteiger partial charge in [0.1, 0.15) is 0 Å². The fourth-order valence-corrected chi connectivity index (χ4v) is 0. The molecular formula is CH3ClNa3O7P. The van der Waals surface area contributed by atoms with E-state index in [2.05, 4.69) is 0 Å². The third-order valence-corrected chi connectivity index (χ3v) is 0. The molecule has 0 aromatic heterocycles. The Morgan fingerprint density at radius 2 is 1.15 bits per heavy atom. The van der Waals surface area contributed by atoms with Gasteiger partial charge >= 0.3 is 88.7 Å². The summed E-state index contributed by atoms with van der Waals surface area (Å²) in [5.41, 5.74) is 0. The summed E-state index contributed by atoms with van der Waals surface area (Å²) in [6, 6.07) is 0. The van der Waals surface area contributed by atoms with E-state index in [0.29, 0.717) is 0 Å². The van der Waals surface area contributed by atoms with Crippen LogP contribution >= 0.6 is 7.82 Å². The molecule has 0 radical (unpaired) electrons.